The molecule has 1 saturated heterocycles. The molecule has 0 aliphatic carbocycles. The molecule has 2 heterocycles. The van der Waals surface area contributed by atoms with E-state index in [1.165, 1.54) is 17.5 Å². The lowest BCUT2D eigenvalue weighted by molar-refractivity contribution is 0.0208. The van der Waals surface area contributed by atoms with E-state index in [0.29, 0.717) is 39.1 Å². The number of nitrogens with two attached hydrogens (primary N) is 1. The summed E-state index contributed by atoms with van der Waals surface area (Å²) in [6, 6.07) is 1.45. The number of hydrogen-bond acceptors (Lipinski definition) is 7. The van der Waals surface area contributed by atoms with Gasteiger partial charge in [-0.25, -0.2) is 13.2 Å². The second kappa shape index (κ2) is 8.20. The lowest BCUT2D eigenvalue weighted by Crippen LogP contribution is -2.41. The summed E-state index contributed by atoms with van der Waals surface area (Å²) in [5.74, 6) is -0.626. The smallest absolute Gasteiger partial charge is 0.349 e. The number of rotatable bonds is 7. The van der Waals surface area contributed by atoms with Crippen LogP contribution in [0, 0.1) is 0 Å². The monoisotopic (exact) mass is 362 g/mol. The summed E-state index contributed by atoms with van der Waals surface area (Å²) in [5.41, 5.74) is 5.42. The van der Waals surface area contributed by atoms with Gasteiger partial charge >= 0.3 is 5.97 Å². The minimum atomic E-state index is -3.69. The van der Waals surface area contributed by atoms with Crippen LogP contribution in [0.5, 0.6) is 0 Å². The summed E-state index contributed by atoms with van der Waals surface area (Å²) in [7, 11) is -2.45. The maximum atomic E-state index is 12.7. The van der Waals surface area contributed by atoms with Crippen molar-refractivity contribution in [2.24, 2.45) is 5.73 Å². The van der Waals surface area contributed by atoms with Crippen LogP contribution in [0.1, 0.15) is 28.9 Å². The van der Waals surface area contributed by atoms with Crippen LogP contribution < -0.4 is 5.73 Å². The van der Waals surface area contributed by atoms with Gasteiger partial charge in [0.05, 0.1) is 13.2 Å². The van der Waals surface area contributed by atoms with Gasteiger partial charge in [-0.3, -0.25) is 0 Å². The zero-order valence-electron chi connectivity index (χ0n) is 13.1. The Hall–Kier alpha value is -1.00. The first-order chi connectivity index (χ1) is 11.0. The summed E-state index contributed by atoms with van der Waals surface area (Å²) in [5, 5.41) is 1.59. The van der Waals surface area contributed by atoms with Crippen LogP contribution in [0.3, 0.4) is 0 Å². The highest BCUT2D eigenvalue weighted by molar-refractivity contribution is 7.89. The third-order valence-electron chi connectivity index (χ3n) is 3.72. The topological polar surface area (TPSA) is 98.9 Å². The highest BCUT2D eigenvalue weighted by atomic mass is 32.2. The van der Waals surface area contributed by atoms with Crippen molar-refractivity contribution >= 4 is 27.3 Å². The first kappa shape index (κ1) is 18.3. The second-order valence-corrected chi connectivity index (χ2v) is 8.04. The number of carbonyl (C=O) groups is 1. The predicted molar refractivity (Wildman–Crippen MR) is 87.1 cm³/mol. The molecule has 130 valence electrons. The molecule has 9 heteroatoms. The highest BCUT2D eigenvalue weighted by Gasteiger charge is 2.33. The van der Waals surface area contributed by atoms with Crippen molar-refractivity contribution in [2.75, 3.05) is 33.4 Å². The Morgan fingerprint density at radius 2 is 2.13 bits per heavy atom. The first-order valence-electron chi connectivity index (χ1n) is 7.48. The molecule has 2 N–H and O–H groups in total. The Kier molecular flexibility index (Phi) is 6.54. The Balaban J connectivity index is 2.02. The number of piperidine rings is 1. The van der Waals surface area contributed by atoms with Gasteiger partial charge in [0.15, 0.2) is 0 Å². The normalized spacial score (nSPS) is 17.3. The largest absolute Gasteiger partial charge is 0.465 e. The van der Waals surface area contributed by atoms with Crippen molar-refractivity contribution in [3.05, 3.63) is 16.3 Å². The van der Waals surface area contributed by atoms with E-state index in [9.17, 15) is 13.2 Å². The van der Waals surface area contributed by atoms with E-state index in [4.69, 9.17) is 10.5 Å². The van der Waals surface area contributed by atoms with Crippen molar-refractivity contribution < 1.29 is 22.7 Å². The fraction of sp³-hybridized carbons (Fsp3) is 0.643. The van der Waals surface area contributed by atoms with Crippen molar-refractivity contribution in [1.82, 2.24) is 4.31 Å². The van der Waals surface area contributed by atoms with Crippen LogP contribution in [-0.4, -0.2) is 58.1 Å². The third kappa shape index (κ3) is 4.30. The Bertz CT molecular complexity index is 621. The number of methoxy groups -OCH3 is 1. The van der Waals surface area contributed by atoms with Crippen molar-refractivity contribution in [3.8, 4) is 0 Å². The van der Waals surface area contributed by atoms with E-state index >= 15 is 0 Å². The van der Waals surface area contributed by atoms with Gasteiger partial charge < -0.3 is 15.2 Å². The summed E-state index contributed by atoms with van der Waals surface area (Å²) in [4.78, 5) is 11.8. The molecular formula is C14H22N2O5S2. The van der Waals surface area contributed by atoms with E-state index in [-0.39, 0.29) is 15.9 Å². The molecule has 0 aromatic carbocycles. The average molecular weight is 362 g/mol. The van der Waals surface area contributed by atoms with Crippen LogP contribution in [-0.2, 0) is 19.5 Å². The molecule has 0 unspecified atom stereocenters. The standard InChI is InChI=1S/C14H22N2O5S2/c1-20-14(17)13-12(5-10-22-13)23(18,19)16-7-3-11(4-8-16)21-9-2-6-15/h5,10-11H,2-4,6-9,15H2,1H3. The number of carbonyl (C=O) groups excluding carboxylic acids is 1. The van der Waals surface area contributed by atoms with Gasteiger partial charge in [-0.05, 0) is 37.3 Å². The van der Waals surface area contributed by atoms with Gasteiger partial charge in [0, 0.05) is 19.7 Å². The lowest BCUT2D eigenvalue weighted by Gasteiger charge is -2.31. The minimum absolute atomic E-state index is 0.0249. The van der Waals surface area contributed by atoms with Crippen LogP contribution in [0.2, 0.25) is 0 Å². The van der Waals surface area contributed by atoms with Crippen LogP contribution in [0.15, 0.2) is 16.3 Å². The summed E-state index contributed by atoms with van der Waals surface area (Å²) in [6.07, 6.45) is 2.15. The molecule has 0 spiro atoms. The second-order valence-electron chi connectivity index (χ2n) is 5.22. The number of sulfonamides is 1. The Morgan fingerprint density at radius 1 is 1.43 bits per heavy atom. The van der Waals surface area contributed by atoms with Crippen molar-refractivity contribution in [1.29, 1.82) is 0 Å². The number of nitrogens with zero attached hydrogens (tertiary/aromatic N) is 1. The maximum Gasteiger partial charge on any atom is 0.349 e. The number of esters is 1. The molecule has 0 atom stereocenters. The molecule has 0 bridgehead atoms. The van der Waals surface area contributed by atoms with Gasteiger partial charge in [-0.1, -0.05) is 0 Å². The van der Waals surface area contributed by atoms with E-state index in [0.717, 1.165) is 17.8 Å². The molecule has 1 aromatic rings. The zero-order valence-corrected chi connectivity index (χ0v) is 14.7. The average Bonchev–Trinajstić information content (AvgIpc) is 3.05. The van der Waals surface area contributed by atoms with E-state index in [1.807, 2.05) is 0 Å². The number of thiophene rings is 1. The summed E-state index contributed by atoms with van der Waals surface area (Å²) < 4.78 is 37.2. The zero-order chi connectivity index (χ0) is 16.9. The molecule has 1 aliphatic rings. The molecule has 1 fully saturated rings. The molecule has 0 amide bonds. The van der Waals surface area contributed by atoms with Crippen molar-refractivity contribution in [3.63, 3.8) is 0 Å². The van der Waals surface area contributed by atoms with Gasteiger partial charge in [-0.2, -0.15) is 4.31 Å². The SMILES string of the molecule is COC(=O)c1sccc1S(=O)(=O)N1CCC(OCCCN)CC1. The molecular weight excluding hydrogens is 340 g/mol. The first-order valence-corrected chi connectivity index (χ1v) is 9.80. The molecule has 1 aromatic heterocycles. The van der Waals surface area contributed by atoms with Gasteiger partial charge in [0.25, 0.3) is 0 Å². The predicted octanol–water partition coefficient (Wildman–Crippen LogP) is 1.05. The summed E-state index contributed by atoms with van der Waals surface area (Å²) in [6.45, 7) is 1.95. The molecule has 2 rings (SSSR count). The van der Waals surface area contributed by atoms with Gasteiger partial charge in [0.1, 0.15) is 9.77 Å². The fourth-order valence-corrected chi connectivity index (χ4v) is 5.23. The number of ether oxygens (including phenoxy) is 2. The summed E-state index contributed by atoms with van der Waals surface area (Å²) >= 11 is 1.07. The van der Waals surface area contributed by atoms with Gasteiger partial charge in [-0.15, -0.1) is 11.3 Å². The molecule has 0 saturated carbocycles. The fourth-order valence-electron chi connectivity index (χ4n) is 2.45. The minimum Gasteiger partial charge on any atom is -0.465 e. The van der Waals surface area contributed by atoms with Crippen LogP contribution >= 0.6 is 11.3 Å². The van der Waals surface area contributed by atoms with E-state index < -0.39 is 16.0 Å². The Labute approximate surface area is 140 Å². The van der Waals surface area contributed by atoms with Crippen LogP contribution in [0.25, 0.3) is 0 Å². The highest BCUT2D eigenvalue weighted by Crippen LogP contribution is 2.28. The molecule has 23 heavy (non-hydrogen) atoms. The molecule has 7 nitrogen and oxygen atoms in total. The van der Waals surface area contributed by atoms with E-state index in [1.54, 1.807) is 5.38 Å². The third-order valence-corrected chi connectivity index (χ3v) is 6.69. The molecule has 1 aliphatic heterocycles. The van der Waals surface area contributed by atoms with E-state index in [2.05, 4.69) is 4.74 Å². The maximum absolute atomic E-state index is 12.7. The van der Waals surface area contributed by atoms with Crippen LogP contribution in [0.4, 0.5) is 0 Å². The number of hydrogen-bond donors (Lipinski definition) is 1. The van der Waals surface area contributed by atoms with Gasteiger partial charge in [0.2, 0.25) is 10.0 Å². The Morgan fingerprint density at radius 3 is 2.74 bits per heavy atom. The molecule has 0 radical (unpaired) electrons. The van der Waals surface area contributed by atoms with Crippen molar-refractivity contribution in [2.45, 2.75) is 30.3 Å². The lowest BCUT2D eigenvalue weighted by atomic mass is 10.1. The quantitative estimate of drug-likeness (QED) is 0.575.